The van der Waals surface area contributed by atoms with Crippen LogP contribution in [0.4, 0.5) is 0 Å². The molecule has 138 heavy (non-hydrogen) atoms. The van der Waals surface area contributed by atoms with Crippen molar-refractivity contribution in [1.29, 1.82) is 0 Å². The second-order valence-corrected chi connectivity index (χ2v) is 32.6. The molecule has 0 unspecified atom stereocenters. The van der Waals surface area contributed by atoms with E-state index in [0.717, 1.165) is 83.1 Å². The van der Waals surface area contributed by atoms with E-state index < -0.39 is 276 Å². The van der Waals surface area contributed by atoms with Crippen LogP contribution < -0.4 is 14.2 Å². The Morgan fingerprint density at radius 2 is 0.594 bits per heavy atom. The fourth-order valence-electron chi connectivity index (χ4n) is 15.5. The third-order valence-corrected chi connectivity index (χ3v) is 21.5. The van der Waals surface area contributed by atoms with E-state index >= 15 is 0 Å². The highest BCUT2D eigenvalue weighted by Crippen LogP contribution is 2.40. The first-order valence-corrected chi connectivity index (χ1v) is 43.9. The van der Waals surface area contributed by atoms with Gasteiger partial charge in [0.1, 0.15) is 136 Å². The molecule has 3 aromatic heterocycles. The van der Waals surface area contributed by atoms with Crippen LogP contribution in [-0.2, 0) is 211 Å². The lowest BCUT2D eigenvalue weighted by Gasteiger charge is -2.47. The molecular formula is C84H117N9O45. The van der Waals surface area contributed by atoms with Crippen LogP contribution >= 0.6 is 0 Å². The van der Waals surface area contributed by atoms with Crippen molar-refractivity contribution in [2.24, 2.45) is 0 Å². The largest absolute Gasteiger partial charge is 0.487 e. The number of ether oxygens (including phenoxy) is 27. The zero-order chi connectivity index (χ0) is 101. The summed E-state index contributed by atoms with van der Waals surface area (Å²) < 4.78 is 162. The highest BCUT2D eigenvalue weighted by atomic mass is 16.8. The molecule has 0 bridgehead atoms. The Morgan fingerprint density at radius 3 is 0.884 bits per heavy atom. The monoisotopic (exact) mass is 1970 g/mol. The second kappa shape index (κ2) is 51.2. The van der Waals surface area contributed by atoms with Crippen LogP contribution in [0.2, 0.25) is 0 Å². The molecule has 0 amide bonds. The number of aryl methyl sites for hydroxylation is 3. The van der Waals surface area contributed by atoms with Crippen molar-refractivity contribution in [3.05, 3.63) is 53.9 Å². The number of hydrogen-bond donors (Lipinski definition) is 6. The molecule has 0 radical (unpaired) electrons. The number of aromatic nitrogens is 9. The fourth-order valence-corrected chi connectivity index (χ4v) is 15.5. The third kappa shape index (κ3) is 31.0. The van der Waals surface area contributed by atoms with Crippen molar-refractivity contribution in [3.8, 4) is 17.2 Å². The van der Waals surface area contributed by atoms with Gasteiger partial charge >= 0.3 is 71.6 Å². The lowest BCUT2D eigenvalue weighted by atomic mass is 9.97. The van der Waals surface area contributed by atoms with Crippen molar-refractivity contribution in [3.63, 3.8) is 0 Å². The van der Waals surface area contributed by atoms with Gasteiger partial charge in [0.15, 0.2) is 92.7 Å². The van der Waals surface area contributed by atoms with Gasteiger partial charge in [0.25, 0.3) is 0 Å². The predicted molar refractivity (Wildman–Crippen MR) is 441 cm³/mol. The summed E-state index contributed by atoms with van der Waals surface area (Å²) >= 11 is 0. The van der Waals surface area contributed by atoms with Crippen molar-refractivity contribution in [2.45, 2.75) is 347 Å². The summed E-state index contributed by atoms with van der Waals surface area (Å²) in [5, 5.41) is 94.4. The molecule has 6 fully saturated rings. The van der Waals surface area contributed by atoms with Crippen molar-refractivity contribution in [2.75, 3.05) is 39.6 Å². The van der Waals surface area contributed by atoms with Crippen LogP contribution in [0.25, 0.3) is 0 Å². The van der Waals surface area contributed by atoms with Crippen LogP contribution in [0.1, 0.15) is 140 Å². The molecule has 10 rings (SSSR count). The summed E-state index contributed by atoms with van der Waals surface area (Å²) in [5.74, 6) is -9.45. The summed E-state index contributed by atoms with van der Waals surface area (Å²) in [6, 6.07) is 4.60. The normalized spacial score (nSPS) is 31.3. The molecule has 6 N–H and O–H groups in total. The molecule has 6 aliphatic heterocycles. The molecule has 0 aliphatic carbocycles. The first-order chi connectivity index (χ1) is 65.5. The molecule has 9 heterocycles. The van der Waals surface area contributed by atoms with E-state index in [2.05, 4.69) is 30.9 Å². The Kier molecular flexibility index (Phi) is 40.4. The van der Waals surface area contributed by atoms with Crippen LogP contribution in [0.5, 0.6) is 17.2 Å². The Labute approximate surface area is 787 Å². The minimum atomic E-state index is -1.89. The molecular weight excluding hydrogens is 1850 g/mol. The molecule has 6 saturated heterocycles. The van der Waals surface area contributed by atoms with Gasteiger partial charge in [0.05, 0.1) is 68.1 Å². The second-order valence-electron chi connectivity index (χ2n) is 32.6. The maximum Gasteiger partial charge on any atom is 0.303 e. The maximum atomic E-state index is 12.6. The molecule has 1 aromatic carbocycles. The number of benzene rings is 1. The Morgan fingerprint density at radius 1 is 0.319 bits per heavy atom. The van der Waals surface area contributed by atoms with E-state index in [1.807, 2.05) is 0 Å². The minimum absolute atomic E-state index is 0.0716. The van der Waals surface area contributed by atoms with Crippen LogP contribution in [0.15, 0.2) is 36.8 Å². The molecule has 768 valence electrons. The van der Waals surface area contributed by atoms with Crippen LogP contribution in [0.3, 0.4) is 0 Å². The number of aliphatic hydroxyl groups excluding tert-OH is 6. The van der Waals surface area contributed by atoms with Gasteiger partial charge < -0.3 is 159 Å². The molecule has 4 aromatic rings. The highest BCUT2D eigenvalue weighted by Gasteiger charge is 2.59. The quantitative estimate of drug-likeness (QED) is 0.0148. The average molecular weight is 1970 g/mol. The minimum Gasteiger partial charge on any atom is -0.487 e. The molecule has 6 aliphatic rings. The van der Waals surface area contributed by atoms with Gasteiger partial charge in [-0.2, -0.15) is 0 Å². The number of esters is 12. The number of carbonyl (C=O) groups excluding carboxylic acids is 12. The van der Waals surface area contributed by atoms with E-state index in [4.69, 9.17) is 128 Å². The number of aliphatic hydroxyl groups is 6. The first-order valence-electron chi connectivity index (χ1n) is 43.9. The maximum absolute atomic E-state index is 12.6. The molecule has 54 nitrogen and oxygen atoms in total. The zero-order valence-corrected chi connectivity index (χ0v) is 78.0. The van der Waals surface area contributed by atoms with Gasteiger partial charge in [-0.1, -0.05) is 15.6 Å². The predicted octanol–water partition coefficient (Wildman–Crippen LogP) is -2.78. The van der Waals surface area contributed by atoms with Gasteiger partial charge in [-0.05, 0) is 40.0 Å². The van der Waals surface area contributed by atoms with Gasteiger partial charge in [-0.15, -0.1) is 15.3 Å². The van der Waals surface area contributed by atoms with E-state index in [-0.39, 0.29) is 95.8 Å². The topological polar surface area (TPSA) is 668 Å². The molecule has 0 saturated carbocycles. The molecule has 0 spiro atoms. The highest BCUT2D eigenvalue weighted by molar-refractivity contribution is 5.71. The Bertz CT molecular complexity index is 4540. The average Bonchev–Trinajstić information content (AvgIpc) is 1.13. The van der Waals surface area contributed by atoms with Crippen LogP contribution in [-0.4, -0.2) is 371 Å². The smallest absolute Gasteiger partial charge is 0.303 e. The number of carbonyl (C=O) groups is 12. The molecule has 30 atom stereocenters. The first kappa shape index (κ1) is 109. The molecule has 54 heteroatoms. The van der Waals surface area contributed by atoms with E-state index in [9.17, 15) is 88.2 Å². The Hall–Kier alpha value is -11.0. The van der Waals surface area contributed by atoms with Crippen LogP contribution in [0, 0.1) is 0 Å². The van der Waals surface area contributed by atoms with Crippen molar-refractivity contribution in [1.82, 2.24) is 45.0 Å². The van der Waals surface area contributed by atoms with Crippen molar-refractivity contribution < 1.29 is 216 Å². The lowest BCUT2D eigenvalue weighted by Crippen LogP contribution is -2.65. The van der Waals surface area contributed by atoms with Gasteiger partial charge in [0, 0.05) is 121 Å². The van der Waals surface area contributed by atoms with Crippen molar-refractivity contribution >= 4 is 71.6 Å². The SMILES string of the molecule is CC(=O)OC[C@H]1O[C@@H](OCCCn2cc(COc3cc(OCc4cnnn4CCCO[C@@H]4O[C@H](COC(C)=O)[C@@H](O)[C@H](O)[C@H]4O[C@@H]4O[C@@H](C)[C@H](OC(C)=O)[C@@H](OC(C)=O)[C@H]4OC(C)=O)cc(OCc4cnnn4CCCO[C@@H]4O[C@H](COC(C)=O)[C@@H](O)[C@H](O)[C@H]4O[C@@H]4O[C@@H](C)[C@H](OC(C)=O)[C@@H](OC(C)=O)[C@H]4OC(C)=O)c3)nn2)[C@H](O[C@@H]2O[C@@H](C)[C@H](OC(C)=O)[C@@H](OC(C)=O)[C@H]2OC(C)=O)[C@@H](O)[C@@H]1O. The number of nitrogens with zero attached hydrogens (tertiary/aromatic N) is 9. The van der Waals surface area contributed by atoms with E-state index in [0.29, 0.717) is 17.1 Å². The van der Waals surface area contributed by atoms with Gasteiger partial charge in [-0.3, -0.25) is 62.2 Å². The van der Waals surface area contributed by atoms with E-state index in [1.54, 1.807) is 6.20 Å². The fraction of sp³-hybridized carbons (Fsp3) is 0.714. The summed E-state index contributed by atoms with van der Waals surface area (Å²) in [7, 11) is 0. The van der Waals surface area contributed by atoms with Gasteiger partial charge in [-0.25, -0.2) is 9.36 Å². The summed E-state index contributed by atoms with van der Waals surface area (Å²) in [6.45, 7) is 14.7. The summed E-state index contributed by atoms with van der Waals surface area (Å²) in [5.41, 5.74) is 1.10. The standard InChI is InChI=1S/C84H117N9O45/c1-37-67(124-43(7)97)73(127-46(10)100)76(130-49(13)103)82(121-37)136-70-64(109)61(106)58(34-115-40(4)94)133-79(70)112-22-16-19-91-30-52(87-90-91)31-118-55-25-56(119-32-53-28-85-88-92(53)20-17-23-113-80-71(65(110)62(107)59(134-80)35-116-41(5)95)137-83-77(131-50(14)104)74(128-47(11)101)68(38(2)122-83)125-44(8)98)27-57(26-55)120-33-54-29-86-89-93(54)21-18-24-114-81-72(66(111)63(108)60(135-81)36-117-42(6)96)138-84-78(132-51(15)105)75(129-48(12)102)69(39(3)123-84)126-45(9)99/h25-30,37-39,58-84,106-111H,16-24,31-36H2,1-15H3/t37-,38-,39-,58+,59+,60+,61+,62+,63+,64-,65-,66-,67-,68-,69-,70+,71+,72+,73+,74+,75+,76+,77+,78+,79+,80+,81+,82-,83-,84-/m0/s1. The van der Waals surface area contributed by atoms with Gasteiger partial charge in [0.2, 0.25) is 0 Å². The summed E-state index contributed by atoms with van der Waals surface area (Å²) in [6.07, 6.45) is -42.2. The number of rotatable bonds is 45. The Balaban J connectivity index is 0.844. The lowest BCUT2D eigenvalue weighted by molar-refractivity contribution is -0.365. The third-order valence-electron chi connectivity index (χ3n) is 21.5. The number of hydrogen-bond acceptors (Lipinski definition) is 51. The summed E-state index contributed by atoms with van der Waals surface area (Å²) in [4.78, 5) is 148. The van der Waals surface area contributed by atoms with E-state index in [1.165, 1.54) is 65.4 Å². The zero-order valence-electron chi connectivity index (χ0n) is 78.0.